The molecule has 2 rings (SSSR count). The van der Waals surface area contributed by atoms with Gasteiger partial charge in [0.15, 0.2) is 0 Å². The summed E-state index contributed by atoms with van der Waals surface area (Å²) >= 11 is 3.42. The van der Waals surface area contributed by atoms with E-state index in [1.54, 1.807) is 0 Å². The number of ether oxygens (including phenoxy) is 1. The predicted molar refractivity (Wildman–Crippen MR) is 86.6 cm³/mol. The fourth-order valence-corrected chi connectivity index (χ4v) is 2.15. The van der Waals surface area contributed by atoms with Crippen molar-refractivity contribution in [2.24, 2.45) is 5.84 Å². The Bertz CT molecular complexity index is 582. The molecule has 0 spiro atoms. The highest BCUT2D eigenvalue weighted by atomic mass is 79.9. The number of benzene rings is 2. The van der Waals surface area contributed by atoms with Crippen molar-refractivity contribution in [2.45, 2.75) is 12.8 Å². The maximum Gasteiger partial charge on any atom is 0.234 e. The predicted octanol–water partition coefficient (Wildman–Crippen LogP) is 3.27. The topological polar surface area (TPSA) is 64.3 Å². The first kappa shape index (κ1) is 15.5. The average Bonchev–Trinajstić information content (AvgIpc) is 2.52. The van der Waals surface area contributed by atoms with Gasteiger partial charge in [-0.15, -0.1) is 0 Å². The molecular weight excluding hydrogens is 332 g/mol. The molecular formula is C16H17BrN2O2. The number of rotatable bonds is 6. The summed E-state index contributed by atoms with van der Waals surface area (Å²) < 4.78 is 6.65. The molecule has 0 aliphatic heterocycles. The van der Waals surface area contributed by atoms with E-state index < -0.39 is 0 Å². The summed E-state index contributed by atoms with van der Waals surface area (Å²) in [5.41, 5.74) is 4.39. The molecule has 2 aromatic rings. The fourth-order valence-electron chi connectivity index (χ4n) is 1.88. The lowest BCUT2D eigenvalue weighted by Crippen LogP contribution is -2.29. The largest absolute Gasteiger partial charge is 0.494 e. The van der Waals surface area contributed by atoms with Gasteiger partial charge in [-0.1, -0.05) is 40.2 Å². The summed E-state index contributed by atoms with van der Waals surface area (Å²) in [5, 5.41) is 0. The van der Waals surface area contributed by atoms with Gasteiger partial charge in [-0.05, 0) is 41.8 Å². The summed E-state index contributed by atoms with van der Waals surface area (Å²) in [6, 6.07) is 16.1. The molecule has 0 saturated heterocycles. The Hall–Kier alpha value is -1.85. The van der Waals surface area contributed by atoms with Crippen LogP contribution in [0.4, 0.5) is 0 Å². The Labute approximate surface area is 132 Å². The van der Waals surface area contributed by atoms with E-state index in [9.17, 15) is 4.79 Å². The number of nitrogens with one attached hydrogen (secondary N) is 1. The third kappa shape index (κ3) is 4.88. The summed E-state index contributed by atoms with van der Waals surface area (Å²) in [6.07, 6.45) is 1.00. The van der Waals surface area contributed by atoms with E-state index in [2.05, 4.69) is 33.5 Å². The zero-order chi connectivity index (χ0) is 15.1. The fraction of sp³-hybridized carbons (Fsp3) is 0.188. The molecule has 2 aromatic carbocycles. The van der Waals surface area contributed by atoms with E-state index in [1.165, 1.54) is 0 Å². The third-order valence-electron chi connectivity index (χ3n) is 3.01. The molecule has 4 nitrogen and oxygen atoms in total. The maximum absolute atomic E-state index is 11.0. The number of hydrogen-bond acceptors (Lipinski definition) is 3. The number of halogens is 1. The Morgan fingerprint density at radius 1 is 1.05 bits per heavy atom. The van der Waals surface area contributed by atoms with Crippen LogP contribution in [-0.4, -0.2) is 12.5 Å². The number of hydrazine groups is 1. The van der Waals surface area contributed by atoms with E-state index >= 15 is 0 Å². The van der Waals surface area contributed by atoms with Crippen molar-refractivity contribution in [1.29, 1.82) is 0 Å². The molecule has 0 radical (unpaired) electrons. The van der Waals surface area contributed by atoms with Crippen LogP contribution in [-0.2, 0) is 4.79 Å². The third-order valence-corrected chi connectivity index (χ3v) is 3.54. The molecule has 0 aromatic heterocycles. The highest BCUT2D eigenvalue weighted by Gasteiger charge is 2.01. The van der Waals surface area contributed by atoms with E-state index in [4.69, 9.17) is 10.6 Å². The monoisotopic (exact) mass is 348 g/mol. The lowest BCUT2D eigenvalue weighted by molar-refractivity contribution is -0.121. The first-order valence-electron chi connectivity index (χ1n) is 6.67. The number of amides is 1. The number of nitrogens with two attached hydrogens (primary N) is 1. The van der Waals surface area contributed by atoms with Gasteiger partial charge in [0.2, 0.25) is 5.91 Å². The second kappa shape index (κ2) is 7.81. The lowest BCUT2D eigenvalue weighted by Gasteiger charge is -2.07. The molecule has 5 heteroatoms. The average molecular weight is 349 g/mol. The Morgan fingerprint density at radius 3 is 2.19 bits per heavy atom. The van der Waals surface area contributed by atoms with Crippen molar-refractivity contribution in [3.63, 3.8) is 0 Å². The summed E-state index contributed by atoms with van der Waals surface area (Å²) in [7, 11) is 0. The van der Waals surface area contributed by atoms with Crippen molar-refractivity contribution < 1.29 is 9.53 Å². The van der Waals surface area contributed by atoms with Crippen molar-refractivity contribution >= 4 is 21.8 Å². The smallest absolute Gasteiger partial charge is 0.234 e. The molecule has 0 bridgehead atoms. The van der Waals surface area contributed by atoms with Crippen LogP contribution in [0.3, 0.4) is 0 Å². The minimum atomic E-state index is -0.177. The minimum absolute atomic E-state index is 0.177. The van der Waals surface area contributed by atoms with Gasteiger partial charge >= 0.3 is 0 Å². The molecule has 0 fully saturated rings. The second-order valence-corrected chi connectivity index (χ2v) is 5.47. The molecule has 0 heterocycles. The molecule has 0 aliphatic carbocycles. The molecule has 0 saturated carbocycles. The van der Waals surface area contributed by atoms with Crippen molar-refractivity contribution in [1.82, 2.24) is 5.43 Å². The van der Waals surface area contributed by atoms with Gasteiger partial charge in [0, 0.05) is 10.9 Å². The molecule has 0 aliphatic rings. The van der Waals surface area contributed by atoms with Crippen LogP contribution in [0, 0.1) is 0 Å². The normalized spacial score (nSPS) is 10.2. The first-order valence-corrected chi connectivity index (χ1v) is 7.46. The Kier molecular flexibility index (Phi) is 5.78. The number of hydrogen-bond donors (Lipinski definition) is 2. The van der Waals surface area contributed by atoms with E-state index in [0.717, 1.165) is 21.3 Å². The number of carbonyl (C=O) groups excluding carboxylic acids is 1. The van der Waals surface area contributed by atoms with Gasteiger partial charge in [-0.2, -0.15) is 0 Å². The van der Waals surface area contributed by atoms with Crippen LogP contribution in [0.25, 0.3) is 11.1 Å². The van der Waals surface area contributed by atoms with Gasteiger partial charge < -0.3 is 4.74 Å². The maximum atomic E-state index is 11.0. The van der Waals surface area contributed by atoms with Crippen LogP contribution in [0.1, 0.15) is 12.8 Å². The van der Waals surface area contributed by atoms with Gasteiger partial charge in [0.1, 0.15) is 5.75 Å². The summed E-state index contributed by atoms with van der Waals surface area (Å²) in [5.74, 6) is 5.62. The highest BCUT2D eigenvalue weighted by molar-refractivity contribution is 9.10. The van der Waals surface area contributed by atoms with E-state index in [1.807, 2.05) is 36.4 Å². The van der Waals surface area contributed by atoms with Crippen LogP contribution in [0.5, 0.6) is 5.75 Å². The standard InChI is InChI=1S/C16H17BrN2O2/c17-14-7-3-12(4-8-14)13-5-9-15(10-6-13)21-11-1-2-16(20)19-18/h3-10H,1-2,11,18H2,(H,19,20). The molecule has 1 amide bonds. The summed E-state index contributed by atoms with van der Waals surface area (Å²) in [6.45, 7) is 0.491. The van der Waals surface area contributed by atoms with Crippen LogP contribution >= 0.6 is 15.9 Å². The zero-order valence-corrected chi connectivity index (χ0v) is 13.1. The second-order valence-electron chi connectivity index (χ2n) is 4.55. The lowest BCUT2D eigenvalue weighted by atomic mass is 10.1. The van der Waals surface area contributed by atoms with Gasteiger partial charge in [0.05, 0.1) is 6.61 Å². The number of carbonyl (C=O) groups is 1. The highest BCUT2D eigenvalue weighted by Crippen LogP contribution is 2.24. The van der Waals surface area contributed by atoms with E-state index in [0.29, 0.717) is 19.4 Å². The minimum Gasteiger partial charge on any atom is -0.494 e. The van der Waals surface area contributed by atoms with Crippen LogP contribution < -0.4 is 16.0 Å². The van der Waals surface area contributed by atoms with Crippen LogP contribution in [0.15, 0.2) is 53.0 Å². The van der Waals surface area contributed by atoms with Crippen LogP contribution in [0.2, 0.25) is 0 Å². The van der Waals surface area contributed by atoms with E-state index in [-0.39, 0.29) is 5.91 Å². The molecule has 110 valence electrons. The van der Waals surface area contributed by atoms with Gasteiger partial charge in [-0.3, -0.25) is 10.2 Å². The zero-order valence-electron chi connectivity index (χ0n) is 11.5. The van der Waals surface area contributed by atoms with Crippen molar-refractivity contribution in [3.8, 4) is 16.9 Å². The quantitative estimate of drug-likeness (QED) is 0.364. The Balaban J connectivity index is 1.87. The molecule has 3 N–H and O–H groups in total. The van der Waals surface area contributed by atoms with Gasteiger partial charge in [-0.25, -0.2) is 5.84 Å². The Morgan fingerprint density at radius 2 is 1.62 bits per heavy atom. The summed E-state index contributed by atoms with van der Waals surface area (Å²) in [4.78, 5) is 11.0. The molecule has 0 unspecified atom stereocenters. The van der Waals surface area contributed by atoms with Crippen molar-refractivity contribution in [2.75, 3.05) is 6.61 Å². The SMILES string of the molecule is NNC(=O)CCCOc1ccc(-c2ccc(Br)cc2)cc1. The molecule has 0 atom stereocenters. The van der Waals surface area contributed by atoms with Crippen molar-refractivity contribution in [3.05, 3.63) is 53.0 Å². The first-order chi connectivity index (χ1) is 10.2. The van der Waals surface area contributed by atoms with Gasteiger partial charge in [0.25, 0.3) is 0 Å². The molecule has 21 heavy (non-hydrogen) atoms.